The molecule has 318 valence electrons. The molecule has 5 rings (SSSR count). The normalized spacial score (nSPS) is 44.1. The Bertz CT molecular complexity index is 1450. The molecule has 5 aliphatic heterocycles. The lowest BCUT2D eigenvalue weighted by molar-refractivity contribution is -0.409. The second kappa shape index (κ2) is 17.8. The van der Waals surface area contributed by atoms with Gasteiger partial charge < -0.3 is 44.3 Å². The molecule has 11 nitrogen and oxygen atoms in total. The number of aliphatic hydroxyl groups is 3. The van der Waals surface area contributed by atoms with Gasteiger partial charge in [-0.1, -0.05) is 61.3 Å². The van der Waals surface area contributed by atoms with Gasteiger partial charge in [0.1, 0.15) is 11.9 Å². The molecule has 2 spiro atoms. The van der Waals surface area contributed by atoms with Gasteiger partial charge in [0.05, 0.1) is 60.3 Å². The zero-order valence-electron chi connectivity index (χ0n) is 35.8. The molecule has 11 heteroatoms. The summed E-state index contributed by atoms with van der Waals surface area (Å²) in [5.41, 5.74) is -1.63. The van der Waals surface area contributed by atoms with E-state index in [1.165, 1.54) is 0 Å². The lowest BCUT2D eigenvalue weighted by atomic mass is 9.72. The highest BCUT2D eigenvalue weighted by molar-refractivity contribution is 5.84. The Morgan fingerprint density at radius 3 is 2.27 bits per heavy atom. The number of amides is 1. The quantitative estimate of drug-likeness (QED) is 0.132. The lowest BCUT2D eigenvalue weighted by Gasteiger charge is -2.54. The Morgan fingerprint density at radius 2 is 1.64 bits per heavy atom. The van der Waals surface area contributed by atoms with Gasteiger partial charge in [-0.2, -0.15) is 0 Å². The van der Waals surface area contributed by atoms with E-state index in [9.17, 15) is 24.9 Å². The van der Waals surface area contributed by atoms with Gasteiger partial charge in [0, 0.05) is 30.1 Å². The number of ether oxygens (including phenoxy) is 5. The molecule has 0 aromatic carbocycles. The van der Waals surface area contributed by atoms with Crippen molar-refractivity contribution < 1.29 is 48.6 Å². The van der Waals surface area contributed by atoms with Gasteiger partial charge >= 0.3 is 0 Å². The number of ketones is 1. The number of hydrogen-bond acceptors (Lipinski definition) is 10. The minimum Gasteiger partial charge on any atom is -0.392 e. The van der Waals surface area contributed by atoms with E-state index in [-0.39, 0.29) is 72.2 Å². The SMILES string of the molecule is C#CCNC(=O)[C@H](CC)[C@H]1CC[C@H](C)[C@H]([C@@H](C)[C@H](O)[C@H](C)C(=O)[C@H](CC)[C@H]2O[C@]3(C=C[C@H](O)[C@]4(CC[C@@](C)([C@H]5CC[C@](O)(CC)[C@H](C)O5)O4)O3)[C@H](C)C[C@@H]2C)O1. The van der Waals surface area contributed by atoms with Crippen LogP contribution in [-0.2, 0) is 33.3 Å². The third-order valence-corrected chi connectivity index (χ3v) is 14.8. The van der Waals surface area contributed by atoms with Crippen LogP contribution in [0.1, 0.15) is 133 Å². The molecule has 4 saturated heterocycles. The molecule has 0 unspecified atom stereocenters. The lowest BCUT2D eigenvalue weighted by Crippen LogP contribution is -2.63. The number of Topliss-reactive ketones (excluding diaryl/α,β-unsaturated/α-hetero) is 1. The molecule has 5 heterocycles. The predicted octanol–water partition coefficient (Wildman–Crippen LogP) is 5.85. The van der Waals surface area contributed by atoms with Crippen molar-refractivity contribution in [3.63, 3.8) is 0 Å². The number of nitrogens with one attached hydrogen (secondary N) is 1. The van der Waals surface area contributed by atoms with Crippen molar-refractivity contribution in [1.82, 2.24) is 5.32 Å². The monoisotopic (exact) mass is 788 g/mol. The van der Waals surface area contributed by atoms with Crippen LogP contribution in [0, 0.1) is 53.8 Å². The van der Waals surface area contributed by atoms with Gasteiger partial charge in [-0.15, -0.1) is 6.42 Å². The minimum atomic E-state index is -1.37. The van der Waals surface area contributed by atoms with Crippen LogP contribution in [0.3, 0.4) is 0 Å². The van der Waals surface area contributed by atoms with Crippen LogP contribution in [0.15, 0.2) is 12.2 Å². The van der Waals surface area contributed by atoms with Crippen molar-refractivity contribution in [2.75, 3.05) is 6.54 Å². The van der Waals surface area contributed by atoms with Crippen molar-refractivity contribution in [1.29, 1.82) is 0 Å². The number of carbonyl (C=O) groups is 2. The fourth-order valence-corrected chi connectivity index (χ4v) is 10.8. The van der Waals surface area contributed by atoms with Crippen LogP contribution in [0.25, 0.3) is 0 Å². The van der Waals surface area contributed by atoms with E-state index in [0.29, 0.717) is 44.9 Å². The molecule has 56 heavy (non-hydrogen) atoms. The number of rotatable bonds is 13. The molecule has 0 aliphatic carbocycles. The molecule has 0 saturated carbocycles. The third-order valence-electron chi connectivity index (χ3n) is 14.8. The summed E-state index contributed by atoms with van der Waals surface area (Å²) >= 11 is 0. The fourth-order valence-electron chi connectivity index (χ4n) is 10.8. The summed E-state index contributed by atoms with van der Waals surface area (Å²) in [5.74, 6) is -2.21. The molecule has 18 atom stereocenters. The summed E-state index contributed by atoms with van der Waals surface area (Å²) in [6.07, 6.45) is 11.4. The van der Waals surface area contributed by atoms with Crippen LogP contribution in [0.2, 0.25) is 0 Å². The Labute approximate surface area is 336 Å². The molecule has 0 aromatic rings. The number of carbonyl (C=O) groups excluding carboxylic acids is 2. The number of hydrogen-bond donors (Lipinski definition) is 4. The van der Waals surface area contributed by atoms with Gasteiger partial charge in [0.2, 0.25) is 11.7 Å². The van der Waals surface area contributed by atoms with Gasteiger partial charge in [-0.25, -0.2) is 0 Å². The highest BCUT2D eigenvalue weighted by Gasteiger charge is 2.63. The molecular formula is C45H73NO10. The van der Waals surface area contributed by atoms with E-state index < -0.39 is 52.9 Å². The van der Waals surface area contributed by atoms with Gasteiger partial charge in [-0.05, 0) is 95.6 Å². The van der Waals surface area contributed by atoms with Crippen molar-refractivity contribution in [2.24, 2.45) is 41.4 Å². The Morgan fingerprint density at radius 1 is 0.946 bits per heavy atom. The highest BCUT2D eigenvalue weighted by atomic mass is 16.8. The Kier molecular flexibility index (Phi) is 14.3. The van der Waals surface area contributed by atoms with Crippen LogP contribution in [0.4, 0.5) is 0 Å². The average molecular weight is 788 g/mol. The zero-order chi connectivity index (χ0) is 41.4. The summed E-state index contributed by atoms with van der Waals surface area (Å²) in [7, 11) is 0. The van der Waals surface area contributed by atoms with E-state index in [2.05, 4.69) is 32.0 Å². The summed E-state index contributed by atoms with van der Waals surface area (Å²) in [6.45, 7) is 20.0. The molecule has 0 radical (unpaired) electrons. The first-order chi connectivity index (χ1) is 26.3. The Hall–Kier alpha value is -1.88. The third kappa shape index (κ3) is 8.56. The molecule has 4 N–H and O–H groups in total. The van der Waals surface area contributed by atoms with Crippen LogP contribution < -0.4 is 5.32 Å². The van der Waals surface area contributed by atoms with E-state index in [1.54, 1.807) is 19.1 Å². The largest absolute Gasteiger partial charge is 0.392 e. The maximum absolute atomic E-state index is 14.5. The number of terminal acetylenes is 1. The van der Waals surface area contributed by atoms with Crippen molar-refractivity contribution in [3.05, 3.63) is 12.2 Å². The van der Waals surface area contributed by atoms with Crippen LogP contribution in [0.5, 0.6) is 0 Å². The molecule has 0 bridgehead atoms. The predicted molar refractivity (Wildman–Crippen MR) is 213 cm³/mol. The summed E-state index contributed by atoms with van der Waals surface area (Å²) in [6, 6.07) is 0. The van der Waals surface area contributed by atoms with Crippen molar-refractivity contribution in [3.8, 4) is 12.3 Å². The van der Waals surface area contributed by atoms with E-state index in [4.69, 9.17) is 30.1 Å². The fraction of sp³-hybridized carbons (Fsp3) is 0.867. The van der Waals surface area contributed by atoms with E-state index >= 15 is 0 Å². The molecule has 0 aromatic heterocycles. The van der Waals surface area contributed by atoms with Crippen LogP contribution in [-0.4, -0.2) is 99.1 Å². The van der Waals surface area contributed by atoms with Gasteiger partial charge in [-0.3, -0.25) is 9.59 Å². The zero-order valence-corrected chi connectivity index (χ0v) is 35.8. The average Bonchev–Trinajstić information content (AvgIpc) is 3.52. The standard InChI is InChI=1S/C45H73NO10/c1-12-24-46-41(50)32(13-2)34-17-16-26(5)39(53-34)30(9)37(48)29(8)38(49)33(14-3)40-27(6)25-28(7)44(54-40)21-18-35(47)45(56-44)23-22-42(11,55-45)36-19-20-43(51,15-4)31(10)52-36/h1,18,21,26-37,39-40,47-48,51H,13-17,19-20,22-25H2,2-11H3,(H,46,50)/t26-,27-,28+,29-,30-,31-,32+,33-,34+,35-,36+,37+,39+,40-,42-,43+,44-,45-/m0/s1. The van der Waals surface area contributed by atoms with Crippen LogP contribution >= 0.6 is 0 Å². The highest BCUT2D eigenvalue weighted by Crippen LogP contribution is 2.54. The molecular weight excluding hydrogens is 714 g/mol. The maximum Gasteiger partial charge on any atom is 0.226 e. The van der Waals surface area contributed by atoms with Crippen molar-refractivity contribution in [2.45, 2.75) is 199 Å². The van der Waals surface area contributed by atoms with E-state index in [0.717, 1.165) is 19.3 Å². The molecule has 4 fully saturated rings. The van der Waals surface area contributed by atoms with E-state index in [1.807, 2.05) is 41.5 Å². The summed E-state index contributed by atoms with van der Waals surface area (Å²) in [4.78, 5) is 27.5. The number of aliphatic hydroxyl groups excluding tert-OH is 2. The molecule has 1 amide bonds. The maximum atomic E-state index is 14.5. The second-order valence-electron chi connectivity index (χ2n) is 18.5. The minimum absolute atomic E-state index is 0.0179. The van der Waals surface area contributed by atoms with Gasteiger partial charge in [0.15, 0.2) is 5.79 Å². The van der Waals surface area contributed by atoms with Crippen molar-refractivity contribution >= 4 is 11.7 Å². The first-order valence-corrected chi connectivity index (χ1v) is 21.8. The summed E-state index contributed by atoms with van der Waals surface area (Å²) < 4.78 is 33.8. The Balaban J connectivity index is 1.30. The first-order valence-electron chi connectivity index (χ1n) is 21.8. The molecule has 5 aliphatic rings. The van der Waals surface area contributed by atoms with Gasteiger partial charge in [0.25, 0.3) is 0 Å². The smallest absolute Gasteiger partial charge is 0.226 e. The second-order valence-corrected chi connectivity index (χ2v) is 18.5. The topological polar surface area (TPSA) is 153 Å². The summed E-state index contributed by atoms with van der Waals surface area (Å²) in [5, 5.41) is 37.2. The first kappa shape index (κ1) is 45.2.